The first-order valence-corrected chi connectivity index (χ1v) is 5.88. The molecule has 0 unspecified atom stereocenters. The van der Waals surface area contributed by atoms with Crippen LogP contribution in [0.2, 0.25) is 0 Å². The van der Waals surface area contributed by atoms with Gasteiger partial charge in [0.05, 0.1) is 19.8 Å². The average molecular weight is 221 g/mol. The molecular formula is C7H12NO5P. The number of nitrogens with one attached hydrogen (secondary N) is 1. The molecular weight excluding hydrogens is 209 g/mol. The predicted molar refractivity (Wildman–Crippen MR) is 46.6 cm³/mol. The van der Waals surface area contributed by atoms with Gasteiger partial charge in [-0.05, 0) is 6.92 Å². The molecule has 0 saturated carbocycles. The Morgan fingerprint density at radius 2 is 1.86 bits per heavy atom. The molecule has 3 rings (SSSR count). The highest BCUT2D eigenvalue weighted by molar-refractivity contribution is 7.48. The predicted octanol–water partition coefficient (Wildman–Crippen LogP) is 0.294. The fraction of sp³-hybridized carbons (Fsp3) is 0.857. The normalized spacial score (nSPS) is 40.9. The number of phosphoric acid groups is 1. The largest absolute Gasteiger partial charge is 0.474 e. The highest BCUT2D eigenvalue weighted by atomic mass is 31.2. The Kier molecular flexibility index (Phi) is 2.39. The lowest BCUT2D eigenvalue weighted by molar-refractivity contribution is -0.152. The van der Waals surface area contributed by atoms with E-state index in [1.54, 1.807) is 0 Å². The molecule has 3 heterocycles. The molecule has 0 atom stereocenters. The van der Waals surface area contributed by atoms with E-state index in [2.05, 4.69) is 5.32 Å². The lowest BCUT2D eigenvalue weighted by atomic mass is 9.90. The van der Waals surface area contributed by atoms with Crippen LogP contribution in [0.15, 0.2) is 0 Å². The molecule has 0 aromatic carbocycles. The average Bonchev–Trinajstić information content (AvgIpc) is 2.20. The second-order valence-electron chi connectivity index (χ2n) is 3.41. The van der Waals surface area contributed by atoms with Crippen LogP contribution in [0, 0.1) is 5.41 Å². The number of amides is 1. The summed E-state index contributed by atoms with van der Waals surface area (Å²) in [6.07, 6.45) is 0. The number of carbonyl (C=O) groups excluding carboxylic acids is 1. The Morgan fingerprint density at radius 3 is 2.29 bits per heavy atom. The molecule has 1 amide bonds. The van der Waals surface area contributed by atoms with Gasteiger partial charge < -0.3 is 5.32 Å². The quantitative estimate of drug-likeness (QED) is 0.678. The van der Waals surface area contributed by atoms with Crippen molar-refractivity contribution in [3.63, 3.8) is 0 Å². The lowest BCUT2D eigenvalue weighted by Gasteiger charge is -2.42. The Balaban J connectivity index is 2.12. The van der Waals surface area contributed by atoms with Crippen LogP contribution in [0.5, 0.6) is 0 Å². The van der Waals surface area contributed by atoms with Crippen LogP contribution in [-0.4, -0.2) is 32.3 Å². The van der Waals surface area contributed by atoms with Crippen LogP contribution in [0.3, 0.4) is 0 Å². The molecule has 3 saturated heterocycles. The summed E-state index contributed by atoms with van der Waals surface area (Å²) in [5.41, 5.74) is -0.817. The zero-order chi connectivity index (χ0) is 10.2. The summed E-state index contributed by atoms with van der Waals surface area (Å²) >= 11 is 0. The number of hydrogen-bond acceptors (Lipinski definition) is 5. The molecule has 0 spiro atoms. The molecule has 0 radical (unpaired) electrons. The van der Waals surface area contributed by atoms with Gasteiger partial charge in [-0.15, -0.1) is 0 Å². The molecule has 0 aliphatic carbocycles. The summed E-state index contributed by atoms with van der Waals surface area (Å²) in [6, 6.07) is 0. The maximum absolute atomic E-state index is 11.6. The van der Waals surface area contributed by atoms with Gasteiger partial charge in [-0.1, -0.05) is 0 Å². The summed E-state index contributed by atoms with van der Waals surface area (Å²) in [4.78, 5) is 11.6. The number of rotatable bonds is 2. The van der Waals surface area contributed by atoms with Crippen LogP contribution in [0.1, 0.15) is 6.92 Å². The van der Waals surface area contributed by atoms with Gasteiger partial charge in [0.2, 0.25) is 5.91 Å². The van der Waals surface area contributed by atoms with E-state index in [-0.39, 0.29) is 25.7 Å². The highest BCUT2D eigenvalue weighted by Gasteiger charge is 2.54. The third-order valence-corrected chi connectivity index (χ3v) is 3.65. The highest BCUT2D eigenvalue weighted by Crippen LogP contribution is 2.59. The number of hydrogen-bond donors (Lipinski definition) is 1. The van der Waals surface area contributed by atoms with E-state index >= 15 is 0 Å². The van der Waals surface area contributed by atoms with Crippen molar-refractivity contribution in [2.24, 2.45) is 5.41 Å². The van der Waals surface area contributed by atoms with Crippen molar-refractivity contribution in [3.05, 3.63) is 0 Å². The van der Waals surface area contributed by atoms with E-state index in [1.807, 2.05) is 6.92 Å². The van der Waals surface area contributed by atoms with Crippen molar-refractivity contribution in [2.75, 3.05) is 26.4 Å². The van der Waals surface area contributed by atoms with E-state index in [0.717, 1.165) is 0 Å². The molecule has 3 aliphatic rings. The fourth-order valence-electron chi connectivity index (χ4n) is 1.39. The van der Waals surface area contributed by atoms with Crippen LogP contribution in [0.4, 0.5) is 0 Å². The van der Waals surface area contributed by atoms with E-state index in [9.17, 15) is 9.36 Å². The van der Waals surface area contributed by atoms with Gasteiger partial charge in [-0.2, -0.15) is 0 Å². The fourth-order valence-corrected chi connectivity index (χ4v) is 2.83. The lowest BCUT2D eigenvalue weighted by Crippen LogP contribution is -2.54. The van der Waals surface area contributed by atoms with E-state index in [1.165, 1.54) is 0 Å². The van der Waals surface area contributed by atoms with Gasteiger partial charge >= 0.3 is 7.82 Å². The molecule has 0 aromatic heterocycles. The summed E-state index contributed by atoms with van der Waals surface area (Å²) < 4.78 is 26.0. The van der Waals surface area contributed by atoms with Crippen LogP contribution < -0.4 is 5.32 Å². The number of phosphoric ester groups is 1. The third-order valence-electron chi connectivity index (χ3n) is 2.32. The minimum absolute atomic E-state index is 0.107. The van der Waals surface area contributed by atoms with Crippen molar-refractivity contribution < 1.29 is 22.9 Å². The van der Waals surface area contributed by atoms with Crippen LogP contribution in [0.25, 0.3) is 0 Å². The maximum Gasteiger partial charge on any atom is 0.474 e. The van der Waals surface area contributed by atoms with Gasteiger partial charge in [0.1, 0.15) is 5.41 Å². The molecule has 3 fully saturated rings. The van der Waals surface area contributed by atoms with Gasteiger partial charge in [0.25, 0.3) is 0 Å². The Labute approximate surface area is 81.5 Å². The first kappa shape index (κ1) is 10.1. The minimum Gasteiger partial charge on any atom is -0.356 e. The third kappa shape index (κ3) is 1.48. The van der Waals surface area contributed by atoms with E-state index < -0.39 is 13.2 Å². The summed E-state index contributed by atoms with van der Waals surface area (Å²) in [6.45, 7) is 2.69. The van der Waals surface area contributed by atoms with E-state index in [4.69, 9.17) is 13.6 Å². The zero-order valence-corrected chi connectivity index (χ0v) is 8.71. The molecule has 3 aliphatic heterocycles. The number of carbonyl (C=O) groups is 1. The van der Waals surface area contributed by atoms with Crippen molar-refractivity contribution in [1.29, 1.82) is 0 Å². The summed E-state index contributed by atoms with van der Waals surface area (Å²) in [7, 11) is -3.31. The second-order valence-corrected chi connectivity index (χ2v) is 5.08. The molecule has 1 N–H and O–H groups in total. The van der Waals surface area contributed by atoms with Crippen LogP contribution in [-0.2, 0) is 22.9 Å². The summed E-state index contributed by atoms with van der Waals surface area (Å²) in [5, 5.41) is 2.68. The monoisotopic (exact) mass is 221 g/mol. The summed E-state index contributed by atoms with van der Waals surface area (Å²) in [5.74, 6) is -0.175. The van der Waals surface area contributed by atoms with Crippen molar-refractivity contribution >= 4 is 13.7 Å². The maximum atomic E-state index is 11.6. The first-order valence-electron chi connectivity index (χ1n) is 4.42. The first-order chi connectivity index (χ1) is 6.60. The topological polar surface area (TPSA) is 73.9 Å². The van der Waals surface area contributed by atoms with Gasteiger partial charge in [-0.3, -0.25) is 18.4 Å². The Morgan fingerprint density at radius 1 is 1.36 bits per heavy atom. The van der Waals surface area contributed by atoms with Gasteiger partial charge in [0.15, 0.2) is 0 Å². The standard InChI is InChI=1S/C7H12NO5P/c1-2-8-6(9)7-3-11-14(10,12-4-7)13-5-7/h2-5H2,1H3,(H,8,9). The van der Waals surface area contributed by atoms with Gasteiger partial charge in [-0.25, -0.2) is 4.57 Å². The number of fused-ring (bicyclic) bond motifs is 3. The minimum atomic E-state index is -3.31. The Bertz CT molecular complexity index is 273. The zero-order valence-electron chi connectivity index (χ0n) is 7.82. The SMILES string of the molecule is CCNC(=O)C12COP(=O)(OC1)OC2. The molecule has 14 heavy (non-hydrogen) atoms. The van der Waals surface area contributed by atoms with Gasteiger partial charge in [0, 0.05) is 6.54 Å². The molecule has 0 aromatic rings. The van der Waals surface area contributed by atoms with Crippen molar-refractivity contribution in [3.8, 4) is 0 Å². The second kappa shape index (κ2) is 3.31. The molecule has 6 nitrogen and oxygen atoms in total. The van der Waals surface area contributed by atoms with Crippen LogP contribution >= 0.6 is 7.82 Å². The van der Waals surface area contributed by atoms with E-state index in [0.29, 0.717) is 6.54 Å². The molecule has 80 valence electrons. The van der Waals surface area contributed by atoms with Crippen molar-refractivity contribution in [1.82, 2.24) is 5.32 Å². The van der Waals surface area contributed by atoms with Crippen molar-refractivity contribution in [2.45, 2.75) is 6.92 Å². The molecule has 2 bridgehead atoms. The smallest absolute Gasteiger partial charge is 0.356 e. The molecule has 7 heteroatoms. The Hall–Kier alpha value is -0.420.